The normalized spacial score (nSPS) is 10.4. The summed E-state index contributed by atoms with van der Waals surface area (Å²) in [6.07, 6.45) is 0. The van der Waals surface area contributed by atoms with Crippen molar-refractivity contribution in [3.63, 3.8) is 0 Å². The molecule has 0 atom stereocenters. The van der Waals surface area contributed by atoms with E-state index in [2.05, 4.69) is 4.98 Å². The van der Waals surface area contributed by atoms with Crippen molar-refractivity contribution in [2.24, 2.45) is 0 Å². The molecule has 0 radical (unpaired) electrons. The molecule has 0 spiro atoms. The molecule has 0 bridgehead atoms. The summed E-state index contributed by atoms with van der Waals surface area (Å²) >= 11 is 13.3. The number of halogens is 2. The Bertz CT molecular complexity index is 545. The van der Waals surface area contributed by atoms with Gasteiger partial charge in [0.15, 0.2) is 5.13 Å². The van der Waals surface area contributed by atoms with Gasteiger partial charge in [-0.3, -0.25) is 0 Å². The number of nitrogens with zero attached hydrogens (tertiary/aromatic N) is 2. The van der Waals surface area contributed by atoms with E-state index in [0.29, 0.717) is 11.0 Å². The largest absolute Gasteiger partial charge is 0.495 e. The zero-order valence-electron chi connectivity index (χ0n) is 9.98. The van der Waals surface area contributed by atoms with E-state index in [1.165, 1.54) is 11.3 Å². The average molecular weight is 303 g/mol. The van der Waals surface area contributed by atoms with Gasteiger partial charge in [-0.05, 0) is 12.1 Å². The first-order valence-electron chi connectivity index (χ1n) is 5.25. The van der Waals surface area contributed by atoms with E-state index in [9.17, 15) is 0 Å². The minimum Gasteiger partial charge on any atom is -0.495 e. The first kappa shape index (κ1) is 13.5. The lowest BCUT2D eigenvalue weighted by Crippen LogP contribution is -2.10. The second-order valence-electron chi connectivity index (χ2n) is 3.57. The quantitative estimate of drug-likeness (QED) is 0.787. The summed E-state index contributed by atoms with van der Waals surface area (Å²) in [5, 5.41) is 1.26. The third-order valence-electron chi connectivity index (χ3n) is 2.49. The molecule has 0 saturated carbocycles. The van der Waals surface area contributed by atoms with E-state index in [-0.39, 0.29) is 0 Å². The van der Waals surface area contributed by atoms with Gasteiger partial charge in [-0.1, -0.05) is 35.1 Å². The van der Waals surface area contributed by atoms with Crippen LogP contribution < -0.4 is 9.64 Å². The van der Waals surface area contributed by atoms with Crippen LogP contribution in [0.15, 0.2) is 24.3 Å². The number of methoxy groups -OCH3 is 1. The van der Waals surface area contributed by atoms with Gasteiger partial charge in [-0.25, -0.2) is 4.98 Å². The van der Waals surface area contributed by atoms with Gasteiger partial charge in [0.2, 0.25) is 0 Å². The van der Waals surface area contributed by atoms with E-state index in [4.69, 9.17) is 27.9 Å². The number of thiazole rings is 1. The number of hydrogen-bond acceptors (Lipinski definition) is 4. The van der Waals surface area contributed by atoms with Crippen molar-refractivity contribution in [1.82, 2.24) is 4.98 Å². The summed E-state index contributed by atoms with van der Waals surface area (Å²) in [5.74, 6) is 1.16. The molecule has 2 aromatic rings. The molecule has 1 aromatic carbocycles. The van der Waals surface area contributed by atoms with Crippen LogP contribution in [0.25, 0.3) is 0 Å². The molecule has 0 aliphatic rings. The molecular weight excluding hydrogens is 291 g/mol. The molecule has 3 nitrogen and oxygen atoms in total. The maximum absolute atomic E-state index is 6.01. The Kier molecular flexibility index (Phi) is 4.32. The van der Waals surface area contributed by atoms with E-state index in [1.807, 2.05) is 36.2 Å². The van der Waals surface area contributed by atoms with Gasteiger partial charge in [0, 0.05) is 7.05 Å². The number of aromatic nitrogens is 1. The Morgan fingerprint density at radius 3 is 2.72 bits per heavy atom. The number of rotatable bonds is 4. The molecule has 1 heterocycles. The van der Waals surface area contributed by atoms with Gasteiger partial charge in [-0.2, -0.15) is 0 Å². The van der Waals surface area contributed by atoms with E-state index in [1.54, 1.807) is 7.11 Å². The average Bonchev–Trinajstić information content (AvgIpc) is 2.79. The lowest BCUT2D eigenvalue weighted by molar-refractivity contribution is 0.415. The highest BCUT2D eigenvalue weighted by atomic mass is 35.5. The Morgan fingerprint density at radius 1 is 1.39 bits per heavy atom. The van der Waals surface area contributed by atoms with Crippen LogP contribution in [-0.2, 0) is 5.88 Å². The van der Waals surface area contributed by atoms with Crippen molar-refractivity contribution in [3.8, 4) is 5.75 Å². The fraction of sp³-hybridized carbons (Fsp3) is 0.250. The van der Waals surface area contributed by atoms with Gasteiger partial charge in [0.05, 0.1) is 23.6 Å². The summed E-state index contributed by atoms with van der Waals surface area (Å²) in [6, 6.07) is 7.75. The summed E-state index contributed by atoms with van der Waals surface area (Å²) < 4.78 is 5.33. The van der Waals surface area contributed by atoms with Crippen LogP contribution in [0.4, 0.5) is 10.8 Å². The van der Waals surface area contributed by atoms with Gasteiger partial charge in [0.25, 0.3) is 0 Å². The molecule has 0 N–H and O–H groups in total. The standard InChI is InChI=1S/C12H12Cl2N2OS/c1-16(8-5-3-4-6-9(8)17-2)12-15-11(14)10(7-13)18-12/h3-6H,7H2,1-2H3. The zero-order chi connectivity index (χ0) is 13.1. The number of hydrogen-bond donors (Lipinski definition) is 0. The van der Waals surface area contributed by atoms with E-state index >= 15 is 0 Å². The Morgan fingerprint density at radius 2 is 2.11 bits per heavy atom. The lowest BCUT2D eigenvalue weighted by atomic mass is 10.3. The maximum Gasteiger partial charge on any atom is 0.191 e. The first-order chi connectivity index (χ1) is 8.67. The van der Waals surface area contributed by atoms with Crippen LogP contribution in [0.5, 0.6) is 5.75 Å². The molecule has 6 heteroatoms. The molecular formula is C12H12Cl2N2OS. The van der Waals surface area contributed by atoms with Gasteiger partial charge in [-0.15, -0.1) is 11.6 Å². The molecule has 0 amide bonds. The van der Waals surface area contributed by atoms with Crippen LogP contribution in [0.3, 0.4) is 0 Å². The number of ether oxygens (including phenoxy) is 1. The second-order valence-corrected chi connectivity index (χ2v) is 5.26. The highest BCUT2D eigenvalue weighted by molar-refractivity contribution is 7.16. The number of anilines is 2. The second kappa shape index (κ2) is 5.78. The Labute approximate surface area is 120 Å². The van der Waals surface area contributed by atoms with Gasteiger partial charge < -0.3 is 9.64 Å². The lowest BCUT2D eigenvalue weighted by Gasteiger charge is -2.18. The van der Waals surface area contributed by atoms with Crippen LogP contribution in [0.2, 0.25) is 5.15 Å². The number of benzene rings is 1. The van der Waals surface area contributed by atoms with Crippen LogP contribution in [0.1, 0.15) is 4.88 Å². The summed E-state index contributed by atoms with van der Waals surface area (Å²) in [6.45, 7) is 0. The Hall–Kier alpha value is -0.970. The van der Waals surface area contributed by atoms with Crippen LogP contribution in [0, 0.1) is 0 Å². The van der Waals surface area contributed by atoms with Crippen LogP contribution >= 0.6 is 34.5 Å². The summed E-state index contributed by atoms with van der Waals surface area (Å²) in [7, 11) is 3.57. The molecule has 0 fully saturated rings. The predicted molar refractivity (Wildman–Crippen MR) is 77.7 cm³/mol. The van der Waals surface area contributed by atoms with Crippen molar-refractivity contribution < 1.29 is 4.74 Å². The molecule has 0 aliphatic carbocycles. The number of alkyl halides is 1. The molecule has 0 unspecified atom stereocenters. The fourth-order valence-electron chi connectivity index (χ4n) is 1.56. The molecule has 2 rings (SSSR count). The topological polar surface area (TPSA) is 25.4 Å². The highest BCUT2D eigenvalue weighted by Crippen LogP contribution is 2.37. The molecule has 0 saturated heterocycles. The van der Waals surface area contributed by atoms with E-state index < -0.39 is 0 Å². The zero-order valence-corrected chi connectivity index (χ0v) is 12.3. The van der Waals surface area contributed by atoms with E-state index in [0.717, 1.165) is 21.4 Å². The van der Waals surface area contributed by atoms with Gasteiger partial charge in [0.1, 0.15) is 10.9 Å². The monoisotopic (exact) mass is 302 g/mol. The highest BCUT2D eigenvalue weighted by Gasteiger charge is 2.15. The van der Waals surface area contributed by atoms with Crippen molar-refractivity contribution in [3.05, 3.63) is 34.3 Å². The predicted octanol–water partition coefficient (Wildman–Crippen LogP) is 4.31. The first-order valence-corrected chi connectivity index (χ1v) is 6.98. The Balaban J connectivity index is 2.37. The van der Waals surface area contributed by atoms with Crippen LogP contribution in [-0.4, -0.2) is 19.1 Å². The summed E-state index contributed by atoms with van der Waals surface area (Å²) in [4.78, 5) is 7.11. The minimum absolute atomic E-state index is 0.371. The summed E-state index contributed by atoms with van der Waals surface area (Å²) in [5.41, 5.74) is 0.937. The van der Waals surface area contributed by atoms with Crippen molar-refractivity contribution in [2.75, 3.05) is 19.1 Å². The molecule has 18 heavy (non-hydrogen) atoms. The molecule has 96 valence electrons. The SMILES string of the molecule is COc1ccccc1N(C)c1nc(Cl)c(CCl)s1. The molecule has 1 aromatic heterocycles. The maximum atomic E-state index is 6.01. The third-order valence-corrected chi connectivity index (χ3v) is 4.48. The minimum atomic E-state index is 0.371. The van der Waals surface area contributed by atoms with Gasteiger partial charge >= 0.3 is 0 Å². The van der Waals surface area contributed by atoms with Crippen molar-refractivity contribution >= 4 is 45.4 Å². The molecule has 0 aliphatic heterocycles. The third kappa shape index (κ3) is 2.55. The van der Waals surface area contributed by atoms with Crippen molar-refractivity contribution in [2.45, 2.75) is 5.88 Å². The number of para-hydroxylation sites is 2. The fourth-order valence-corrected chi connectivity index (χ4v) is 3.01. The van der Waals surface area contributed by atoms with Crippen molar-refractivity contribution in [1.29, 1.82) is 0 Å². The smallest absolute Gasteiger partial charge is 0.191 e.